The van der Waals surface area contributed by atoms with Crippen LogP contribution in [0.2, 0.25) is 0 Å². The number of rotatable bonds is 5. The van der Waals surface area contributed by atoms with Crippen LogP contribution in [0.25, 0.3) is 10.8 Å². The Morgan fingerprint density at radius 2 is 2.07 bits per heavy atom. The molecule has 0 radical (unpaired) electrons. The molecule has 27 heavy (non-hydrogen) atoms. The zero-order chi connectivity index (χ0) is 18.5. The Morgan fingerprint density at radius 3 is 2.96 bits per heavy atom. The summed E-state index contributed by atoms with van der Waals surface area (Å²) in [4.78, 5) is 12.2. The van der Waals surface area contributed by atoms with Gasteiger partial charge in [0.1, 0.15) is 0 Å². The molecule has 2 amide bonds. The van der Waals surface area contributed by atoms with Crippen LogP contribution < -0.4 is 10.6 Å². The van der Waals surface area contributed by atoms with E-state index in [0.717, 1.165) is 36.9 Å². The number of benzene rings is 2. The van der Waals surface area contributed by atoms with Crippen molar-refractivity contribution in [1.82, 2.24) is 15.1 Å². The van der Waals surface area contributed by atoms with Gasteiger partial charge in [-0.15, -0.1) is 0 Å². The van der Waals surface area contributed by atoms with E-state index in [0.29, 0.717) is 12.2 Å². The highest BCUT2D eigenvalue weighted by atomic mass is 16.5. The van der Waals surface area contributed by atoms with Crippen LogP contribution in [0.5, 0.6) is 0 Å². The summed E-state index contributed by atoms with van der Waals surface area (Å²) in [5, 5.41) is 12.4. The Hall–Kier alpha value is -2.86. The van der Waals surface area contributed by atoms with Gasteiger partial charge in [0, 0.05) is 19.3 Å². The summed E-state index contributed by atoms with van der Waals surface area (Å²) in [5.41, 5.74) is 1.77. The fraction of sp³-hybridized carbons (Fsp3) is 0.333. The molecule has 140 valence electrons. The average molecular weight is 364 g/mol. The smallest absolute Gasteiger partial charge is 0.319 e. The molecule has 1 atom stereocenters. The third-order valence-electron chi connectivity index (χ3n) is 4.88. The van der Waals surface area contributed by atoms with Gasteiger partial charge in [0.05, 0.1) is 24.5 Å². The lowest BCUT2D eigenvalue weighted by Gasteiger charge is -2.22. The Kier molecular flexibility index (Phi) is 5.34. The molecule has 3 aromatic rings. The predicted molar refractivity (Wildman–Crippen MR) is 106 cm³/mol. The molecule has 2 aromatic carbocycles. The fourth-order valence-electron chi connectivity index (χ4n) is 3.49. The van der Waals surface area contributed by atoms with E-state index in [2.05, 4.69) is 33.9 Å². The van der Waals surface area contributed by atoms with E-state index in [1.807, 2.05) is 35.1 Å². The van der Waals surface area contributed by atoms with Crippen molar-refractivity contribution in [3.63, 3.8) is 0 Å². The molecular weight excluding hydrogens is 340 g/mol. The van der Waals surface area contributed by atoms with Crippen molar-refractivity contribution >= 4 is 22.5 Å². The van der Waals surface area contributed by atoms with Gasteiger partial charge in [0.25, 0.3) is 0 Å². The molecule has 0 unspecified atom stereocenters. The van der Waals surface area contributed by atoms with Crippen LogP contribution in [-0.4, -0.2) is 28.5 Å². The Morgan fingerprint density at radius 1 is 1.19 bits per heavy atom. The van der Waals surface area contributed by atoms with Crippen LogP contribution >= 0.6 is 0 Å². The number of ether oxygens (including phenoxy) is 1. The summed E-state index contributed by atoms with van der Waals surface area (Å²) < 4.78 is 7.56. The highest BCUT2D eigenvalue weighted by molar-refractivity contribution is 5.90. The second-order valence-corrected chi connectivity index (χ2v) is 6.89. The third-order valence-corrected chi connectivity index (χ3v) is 4.88. The largest absolute Gasteiger partial charge is 0.376 e. The van der Waals surface area contributed by atoms with E-state index in [1.165, 1.54) is 11.8 Å². The summed E-state index contributed by atoms with van der Waals surface area (Å²) in [6.07, 6.45) is 7.13. The van der Waals surface area contributed by atoms with Gasteiger partial charge in [-0.1, -0.05) is 42.5 Å². The van der Waals surface area contributed by atoms with Crippen molar-refractivity contribution in [3.05, 3.63) is 60.4 Å². The summed E-state index contributed by atoms with van der Waals surface area (Å²) in [6.45, 7) is 2.02. The van der Waals surface area contributed by atoms with Crippen molar-refractivity contribution in [2.45, 2.75) is 38.5 Å². The van der Waals surface area contributed by atoms with Gasteiger partial charge in [0.2, 0.25) is 0 Å². The Bertz CT molecular complexity index is 910. The standard InChI is InChI=1S/C21H24N4O2/c26-21(22-12-17-8-5-7-16-6-1-2-10-20(16)17)24-18-13-23-25(14-18)15-19-9-3-4-11-27-19/h1-2,5-8,10,13-14,19H,3-4,9,11-12,15H2,(H2,22,24,26)/t19-/m0/s1. The summed E-state index contributed by atoms with van der Waals surface area (Å²) in [7, 11) is 0. The van der Waals surface area contributed by atoms with Gasteiger partial charge in [-0.3, -0.25) is 4.68 Å². The number of nitrogens with one attached hydrogen (secondary N) is 2. The maximum Gasteiger partial charge on any atom is 0.319 e. The lowest BCUT2D eigenvalue weighted by atomic mass is 10.0. The van der Waals surface area contributed by atoms with Gasteiger partial charge in [0.15, 0.2) is 0 Å². The molecule has 0 saturated carbocycles. The summed E-state index contributed by atoms with van der Waals surface area (Å²) in [5.74, 6) is 0. The van der Waals surface area contributed by atoms with Gasteiger partial charge in [-0.25, -0.2) is 4.79 Å². The van der Waals surface area contributed by atoms with Crippen LogP contribution in [0.1, 0.15) is 24.8 Å². The van der Waals surface area contributed by atoms with E-state index in [1.54, 1.807) is 6.20 Å². The third kappa shape index (κ3) is 4.46. The van der Waals surface area contributed by atoms with E-state index < -0.39 is 0 Å². The monoisotopic (exact) mass is 364 g/mol. The number of aromatic nitrogens is 2. The van der Waals surface area contributed by atoms with Crippen molar-refractivity contribution in [3.8, 4) is 0 Å². The lowest BCUT2D eigenvalue weighted by Crippen LogP contribution is -2.28. The first kappa shape index (κ1) is 17.5. The molecule has 2 N–H and O–H groups in total. The van der Waals surface area contributed by atoms with Crippen molar-refractivity contribution in [1.29, 1.82) is 0 Å². The van der Waals surface area contributed by atoms with Gasteiger partial charge in [-0.2, -0.15) is 5.10 Å². The summed E-state index contributed by atoms with van der Waals surface area (Å²) >= 11 is 0. The van der Waals surface area contributed by atoms with Gasteiger partial charge in [-0.05, 0) is 35.6 Å². The highest BCUT2D eigenvalue weighted by Crippen LogP contribution is 2.18. The number of hydrogen-bond donors (Lipinski definition) is 2. The Balaban J connectivity index is 1.31. The molecule has 2 heterocycles. The molecular formula is C21H24N4O2. The lowest BCUT2D eigenvalue weighted by molar-refractivity contribution is 0.00401. The molecule has 1 saturated heterocycles. The zero-order valence-electron chi connectivity index (χ0n) is 15.2. The number of fused-ring (bicyclic) bond motifs is 1. The van der Waals surface area contributed by atoms with E-state index in [9.17, 15) is 4.79 Å². The minimum absolute atomic E-state index is 0.215. The number of anilines is 1. The first-order valence-corrected chi connectivity index (χ1v) is 9.43. The molecule has 1 fully saturated rings. The predicted octanol–water partition coefficient (Wildman–Crippen LogP) is 3.93. The number of hydrogen-bond acceptors (Lipinski definition) is 3. The normalized spacial score (nSPS) is 17.0. The maximum atomic E-state index is 12.2. The first-order valence-electron chi connectivity index (χ1n) is 9.43. The molecule has 0 aliphatic carbocycles. The van der Waals surface area contributed by atoms with Gasteiger partial charge < -0.3 is 15.4 Å². The van der Waals surface area contributed by atoms with Crippen LogP contribution in [0.3, 0.4) is 0 Å². The highest BCUT2D eigenvalue weighted by Gasteiger charge is 2.15. The molecule has 4 rings (SSSR count). The quantitative estimate of drug-likeness (QED) is 0.721. The molecule has 6 nitrogen and oxygen atoms in total. The number of nitrogens with zero attached hydrogens (tertiary/aromatic N) is 2. The molecule has 0 spiro atoms. The van der Waals surface area contributed by atoms with Crippen molar-refractivity contribution in [2.24, 2.45) is 0 Å². The van der Waals surface area contributed by atoms with Crippen LogP contribution in [-0.2, 0) is 17.8 Å². The minimum atomic E-state index is -0.239. The number of amides is 2. The topological polar surface area (TPSA) is 68.2 Å². The molecule has 1 aliphatic heterocycles. The summed E-state index contributed by atoms with van der Waals surface area (Å²) in [6, 6.07) is 14.0. The molecule has 1 aromatic heterocycles. The molecule has 0 bridgehead atoms. The van der Waals surface area contributed by atoms with E-state index >= 15 is 0 Å². The Labute approximate surface area is 158 Å². The van der Waals surface area contributed by atoms with Crippen molar-refractivity contribution < 1.29 is 9.53 Å². The second-order valence-electron chi connectivity index (χ2n) is 6.89. The van der Waals surface area contributed by atoms with Crippen LogP contribution in [0.4, 0.5) is 10.5 Å². The van der Waals surface area contributed by atoms with Crippen LogP contribution in [0, 0.1) is 0 Å². The van der Waals surface area contributed by atoms with E-state index in [-0.39, 0.29) is 12.1 Å². The van der Waals surface area contributed by atoms with Crippen molar-refractivity contribution in [2.75, 3.05) is 11.9 Å². The van der Waals surface area contributed by atoms with E-state index in [4.69, 9.17) is 4.74 Å². The minimum Gasteiger partial charge on any atom is -0.376 e. The zero-order valence-corrected chi connectivity index (χ0v) is 15.2. The molecule has 6 heteroatoms. The number of urea groups is 1. The fourth-order valence-corrected chi connectivity index (χ4v) is 3.49. The maximum absolute atomic E-state index is 12.2. The van der Waals surface area contributed by atoms with Crippen LogP contribution in [0.15, 0.2) is 54.9 Å². The number of carbonyl (C=O) groups excluding carboxylic acids is 1. The van der Waals surface area contributed by atoms with Gasteiger partial charge >= 0.3 is 6.03 Å². The SMILES string of the molecule is O=C(NCc1cccc2ccccc12)Nc1cnn(C[C@@H]2CCCCO2)c1. The first-order chi connectivity index (χ1) is 13.3. The average Bonchev–Trinajstić information content (AvgIpc) is 3.13. The molecule has 1 aliphatic rings. The second kappa shape index (κ2) is 8.22. The number of carbonyl (C=O) groups is 1.